The lowest BCUT2D eigenvalue weighted by molar-refractivity contribution is 0.0122. The molecule has 0 saturated heterocycles. The Morgan fingerprint density at radius 2 is 2.00 bits per heavy atom. The van der Waals surface area contributed by atoms with Crippen LogP contribution in [0.25, 0.3) is 0 Å². The van der Waals surface area contributed by atoms with Gasteiger partial charge in [-0.2, -0.15) is 0 Å². The summed E-state index contributed by atoms with van der Waals surface area (Å²) in [6, 6.07) is 7.97. The maximum Gasteiger partial charge on any atom is 0.122 e. The molecule has 0 amide bonds. The maximum absolute atomic E-state index is 10.2. The standard InChI is InChI=1S/C15H25NO2/c1-4-10-16-11-15(3,17)12-18-14-9-7-6-8-13(14)5-2/h6-9,16-17H,4-5,10-12H2,1-3H3. The van der Waals surface area contributed by atoms with Crippen molar-refractivity contribution >= 4 is 0 Å². The number of hydrogen-bond acceptors (Lipinski definition) is 3. The molecule has 3 nitrogen and oxygen atoms in total. The number of aliphatic hydroxyl groups is 1. The maximum atomic E-state index is 10.2. The van der Waals surface area contributed by atoms with Crippen molar-refractivity contribution in [3.8, 4) is 5.75 Å². The van der Waals surface area contributed by atoms with Crippen molar-refractivity contribution in [2.75, 3.05) is 19.7 Å². The molecule has 0 spiro atoms. The van der Waals surface area contributed by atoms with Crippen LogP contribution in [0, 0.1) is 0 Å². The average molecular weight is 251 g/mol. The number of nitrogens with one attached hydrogen (secondary N) is 1. The Balaban J connectivity index is 2.47. The Bertz CT molecular complexity index is 350. The quantitative estimate of drug-likeness (QED) is 0.697. The Morgan fingerprint density at radius 3 is 2.67 bits per heavy atom. The van der Waals surface area contributed by atoms with Crippen LogP contribution in [0.3, 0.4) is 0 Å². The molecule has 1 aromatic rings. The lowest BCUT2D eigenvalue weighted by Crippen LogP contribution is -2.43. The zero-order chi connectivity index (χ0) is 13.4. The van der Waals surface area contributed by atoms with Crippen LogP contribution in [0.15, 0.2) is 24.3 Å². The van der Waals surface area contributed by atoms with E-state index in [9.17, 15) is 5.11 Å². The molecule has 1 atom stereocenters. The minimum Gasteiger partial charge on any atom is -0.490 e. The van der Waals surface area contributed by atoms with E-state index in [-0.39, 0.29) is 0 Å². The number of rotatable bonds is 8. The van der Waals surface area contributed by atoms with Gasteiger partial charge in [0.1, 0.15) is 18.0 Å². The van der Waals surface area contributed by atoms with Crippen molar-refractivity contribution in [2.24, 2.45) is 0 Å². The predicted octanol–water partition coefficient (Wildman–Crippen LogP) is 2.38. The van der Waals surface area contributed by atoms with Crippen LogP contribution in [0.1, 0.15) is 32.8 Å². The van der Waals surface area contributed by atoms with E-state index in [1.807, 2.05) is 18.2 Å². The van der Waals surface area contributed by atoms with E-state index >= 15 is 0 Å². The third-order valence-electron chi connectivity index (χ3n) is 2.82. The number of hydrogen-bond donors (Lipinski definition) is 2. The van der Waals surface area contributed by atoms with Crippen molar-refractivity contribution in [3.63, 3.8) is 0 Å². The summed E-state index contributed by atoms with van der Waals surface area (Å²) in [4.78, 5) is 0. The minimum atomic E-state index is -0.837. The largest absolute Gasteiger partial charge is 0.490 e. The van der Waals surface area contributed by atoms with Gasteiger partial charge in [0.15, 0.2) is 0 Å². The average Bonchev–Trinajstić information content (AvgIpc) is 2.37. The first-order valence-corrected chi connectivity index (χ1v) is 6.73. The van der Waals surface area contributed by atoms with E-state index in [4.69, 9.17) is 4.74 Å². The van der Waals surface area contributed by atoms with E-state index in [0.717, 1.165) is 25.1 Å². The Labute approximate surface area is 110 Å². The topological polar surface area (TPSA) is 41.5 Å². The number of aryl methyl sites for hydroxylation is 1. The molecule has 0 aromatic heterocycles. The van der Waals surface area contributed by atoms with E-state index in [1.54, 1.807) is 6.92 Å². The summed E-state index contributed by atoms with van der Waals surface area (Å²) in [5.41, 5.74) is 0.338. The molecule has 0 bridgehead atoms. The first kappa shape index (κ1) is 15.0. The van der Waals surface area contributed by atoms with Crippen LogP contribution in [-0.2, 0) is 6.42 Å². The smallest absolute Gasteiger partial charge is 0.122 e. The van der Waals surface area contributed by atoms with Gasteiger partial charge in [-0.05, 0) is 37.9 Å². The summed E-state index contributed by atoms with van der Waals surface area (Å²) in [5, 5.41) is 13.4. The molecule has 0 fully saturated rings. The molecule has 1 aromatic carbocycles. The molecule has 0 heterocycles. The second kappa shape index (κ2) is 7.39. The molecule has 3 heteroatoms. The molecule has 1 unspecified atom stereocenters. The Morgan fingerprint density at radius 1 is 1.28 bits per heavy atom. The fourth-order valence-electron chi connectivity index (χ4n) is 1.76. The van der Waals surface area contributed by atoms with Gasteiger partial charge in [-0.25, -0.2) is 0 Å². The molecule has 2 N–H and O–H groups in total. The monoisotopic (exact) mass is 251 g/mol. The van der Waals surface area contributed by atoms with Gasteiger partial charge in [-0.15, -0.1) is 0 Å². The fraction of sp³-hybridized carbons (Fsp3) is 0.600. The van der Waals surface area contributed by atoms with Crippen molar-refractivity contribution in [3.05, 3.63) is 29.8 Å². The van der Waals surface area contributed by atoms with E-state index < -0.39 is 5.60 Å². The predicted molar refractivity (Wildman–Crippen MR) is 75.1 cm³/mol. The molecular weight excluding hydrogens is 226 g/mol. The molecule has 1 rings (SSSR count). The van der Waals surface area contributed by atoms with Gasteiger partial charge in [0.2, 0.25) is 0 Å². The molecule has 18 heavy (non-hydrogen) atoms. The van der Waals surface area contributed by atoms with Crippen molar-refractivity contribution in [1.82, 2.24) is 5.32 Å². The van der Waals surface area contributed by atoms with Crippen molar-refractivity contribution < 1.29 is 9.84 Å². The fourth-order valence-corrected chi connectivity index (χ4v) is 1.76. The molecule has 0 aliphatic rings. The lowest BCUT2D eigenvalue weighted by atomic mass is 10.1. The first-order chi connectivity index (χ1) is 8.59. The summed E-state index contributed by atoms with van der Waals surface area (Å²) in [5.74, 6) is 0.871. The number of benzene rings is 1. The molecule has 0 saturated carbocycles. The summed E-state index contributed by atoms with van der Waals surface area (Å²) >= 11 is 0. The Hall–Kier alpha value is -1.06. The zero-order valence-electron chi connectivity index (χ0n) is 11.7. The highest BCUT2D eigenvalue weighted by Gasteiger charge is 2.21. The Kier molecular flexibility index (Phi) is 6.16. The third-order valence-corrected chi connectivity index (χ3v) is 2.82. The summed E-state index contributed by atoms with van der Waals surface area (Å²) in [6.07, 6.45) is 2.00. The van der Waals surface area contributed by atoms with Crippen LogP contribution < -0.4 is 10.1 Å². The van der Waals surface area contributed by atoms with Gasteiger partial charge in [0, 0.05) is 6.54 Å². The van der Waals surface area contributed by atoms with Gasteiger partial charge >= 0.3 is 0 Å². The van der Waals surface area contributed by atoms with Crippen LogP contribution in [0.5, 0.6) is 5.75 Å². The zero-order valence-corrected chi connectivity index (χ0v) is 11.7. The van der Waals surface area contributed by atoms with Crippen LogP contribution in [-0.4, -0.2) is 30.4 Å². The highest BCUT2D eigenvalue weighted by atomic mass is 16.5. The SMILES string of the molecule is CCCNCC(C)(O)COc1ccccc1CC. The van der Waals surface area contributed by atoms with E-state index in [1.165, 1.54) is 5.56 Å². The van der Waals surface area contributed by atoms with Gasteiger partial charge in [0.25, 0.3) is 0 Å². The van der Waals surface area contributed by atoms with Gasteiger partial charge in [0.05, 0.1) is 0 Å². The highest BCUT2D eigenvalue weighted by molar-refractivity contribution is 5.33. The second-order valence-corrected chi connectivity index (χ2v) is 4.92. The van der Waals surface area contributed by atoms with Gasteiger partial charge in [-0.1, -0.05) is 32.0 Å². The van der Waals surface area contributed by atoms with Crippen LogP contribution in [0.2, 0.25) is 0 Å². The van der Waals surface area contributed by atoms with E-state index in [2.05, 4.69) is 25.2 Å². The number of ether oxygens (including phenoxy) is 1. The molecule has 0 aliphatic heterocycles. The summed E-state index contributed by atoms with van der Waals surface area (Å²) in [6.45, 7) is 7.78. The first-order valence-electron chi connectivity index (χ1n) is 6.73. The lowest BCUT2D eigenvalue weighted by Gasteiger charge is -2.24. The van der Waals surface area contributed by atoms with E-state index in [0.29, 0.717) is 13.2 Å². The van der Waals surface area contributed by atoms with Crippen molar-refractivity contribution in [1.29, 1.82) is 0 Å². The van der Waals surface area contributed by atoms with Gasteiger partial charge < -0.3 is 15.2 Å². The van der Waals surface area contributed by atoms with Crippen molar-refractivity contribution in [2.45, 2.75) is 39.2 Å². The normalized spacial score (nSPS) is 14.2. The van der Waals surface area contributed by atoms with Crippen LogP contribution in [0.4, 0.5) is 0 Å². The molecule has 102 valence electrons. The van der Waals surface area contributed by atoms with Crippen LogP contribution >= 0.6 is 0 Å². The highest BCUT2D eigenvalue weighted by Crippen LogP contribution is 2.19. The summed E-state index contributed by atoms with van der Waals surface area (Å²) in [7, 11) is 0. The number of para-hydroxylation sites is 1. The molecular formula is C15H25NO2. The molecule has 0 radical (unpaired) electrons. The van der Waals surface area contributed by atoms with Gasteiger partial charge in [-0.3, -0.25) is 0 Å². The minimum absolute atomic E-state index is 0.306. The molecule has 0 aliphatic carbocycles. The second-order valence-electron chi connectivity index (χ2n) is 4.92. The third kappa shape index (κ3) is 5.07. The summed E-state index contributed by atoms with van der Waals surface area (Å²) < 4.78 is 5.73.